The number of rotatable bonds is 1. The molecule has 1 aromatic heterocycles. The van der Waals surface area contributed by atoms with Crippen molar-refractivity contribution >= 4 is 0 Å². The van der Waals surface area contributed by atoms with Gasteiger partial charge < -0.3 is 0 Å². The van der Waals surface area contributed by atoms with Crippen molar-refractivity contribution in [2.24, 2.45) is 0 Å². The zero-order valence-electron chi connectivity index (χ0n) is 8.78. The monoisotopic (exact) mass is 186 g/mol. The van der Waals surface area contributed by atoms with Gasteiger partial charge in [0.2, 0.25) is 0 Å². The largest absolute Gasteiger partial charge is 0.240 e. The van der Waals surface area contributed by atoms with Crippen molar-refractivity contribution in [2.45, 2.75) is 20.8 Å². The topological polar surface area (TPSA) is 17.8 Å². The van der Waals surface area contributed by atoms with Crippen LogP contribution in [0, 0.1) is 20.8 Å². The van der Waals surface area contributed by atoms with E-state index in [4.69, 9.17) is 0 Å². The molecule has 72 valence electrons. The maximum absolute atomic E-state index is 4.43. The highest BCUT2D eigenvalue weighted by molar-refractivity contribution is 5.34. The molecule has 0 N–H and O–H groups in total. The molecule has 0 saturated carbocycles. The highest BCUT2D eigenvalue weighted by Crippen LogP contribution is 2.11. The number of hydrogen-bond donors (Lipinski definition) is 0. The first-order valence-electron chi connectivity index (χ1n) is 4.77. The Morgan fingerprint density at radius 1 is 1.00 bits per heavy atom. The molecule has 0 radical (unpaired) electrons. The van der Waals surface area contributed by atoms with Gasteiger partial charge in [-0.05, 0) is 38.5 Å². The van der Waals surface area contributed by atoms with Crippen molar-refractivity contribution in [1.29, 1.82) is 0 Å². The third-order valence-corrected chi connectivity index (χ3v) is 2.44. The smallest absolute Gasteiger partial charge is 0.0645 e. The normalized spacial score (nSPS) is 10.5. The van der Waals surface area contributed by atoms with Crippen molar-refractivity contribution in [3.8, 4) is 5.69 Å². The fraction of sp³-hybridized carbons (Fsp3) is 0.250. The summed E-state index contributed by atoms with van der Waals surface area (Å²) in [5.41, 5.74) is 4.71. The lowest BCUT2D eigenvalue weighted by molar-refractivity contribution is 0.862. The van der Waals surface area contributed by atoms with Crippen LogP contribution in [0.5, 0.6) is 0 Å². The van der Waals surface area contributed by atoms with Crippen LogP contribution in [0.4, 0.5) is 0 Å². The van der Waals surface area contributed by atoms with Crippen molar-refractivity contribution < 1.29 is 0 Å². The molecule has 0 aliphatic carbocycles. The molecule has 0 unspecified atom stereocenters. The average Bonchev–Trinajstić information content (AvgIpc) is 2.48. The molecule has 2 nitrogen and oxygen atoms in total. The zero-order chi connectivity index (χ0) is 10.1. The Balaban J connectivity index is 2.44. The van der Waals surface area contributed by atoms with E-state index in [0.29, 0.717) is 0 Å². The van der Waals surface area contributed by atoms with E-state index in [1.54, 1.807) is 0 Å². The van der Waals surface area contributed by atoms with Crippen LogP contribution in [0.3, 0.4) is 0 Å². The predicted octanol–water partition coefficient (Wildman–Crippen LogP) is 2.80. The van der Waals surface area contributed by atoms with Crippen LogP contribution in [0.25, 0.3) is 5.69 Å². The maximum atomic E-state index is 4.43. The first-order valence-corrected chi connectivity index (χ1v) is 4.77. The van der Waals surface area contributed by atoms with Gasteiger partial charge in [0, 0.05) is 6.20 Å². The van der Waals surface area contributed by atoms with Crippen molar-refractivity contribution in [1.82, 2.24) is 9.78 Å². The Labute approximate surface area is 84.2 Å². The number of benzene rings is 1. The molecule has 14 heavy (non-hydrogen) atoms. The van der Waals surface area contributed by atoms with Gasteiger partial charge >= 0.3 is 0 Å². The van der Waals surface area contributed by atoms with Gasteiger partial charge in [-0.2, -0.15) is 5.10 Å². The number of hydrogen-bond acceptors (Lipinski definition) is 1. The second kappa shape index (κ2) is 3.29. The van der Waals surface area contributed by atoms with Crippen LogP contribution < -0.4 is 0 Å². The van der Waals surface area contributed by atoms with E-state index in [1.807, 2.05) is 11.6 Å². The molecule has 0 atom stereocenters. The molecule has 2 heteroatoms. The summed E-state index contributed by atoms with van der Waals surface area (Å²) in [6.45, 7) is 6.19. The quantitative estimate of drug-likeness (QED) is 0.669. The van der Waals surface area contributed by atoms with Crippen LogP contribution in [0.2, 0.25) is 0 Å². The Morgan fingerprint density at radius 3 is 2.14 bits per heavy atom. The second-order valence-corrected chi connectivity index (χ2v) is 3.68. The van der Waals surface area contributed by atoms with Gasteiger partial charge in [0.25, 0.3) is 0 Å². The Hall–Kier alpha value is -1.57. The van der Waals surface area contributed by atoms with E-state index >= 15 is 0 Å². The minimum Gasteiger partial charge on any atom is -0.240 e. The van der Waals surface area contributed by atoms with Crippen LogP contribution in [0.1, 0.15) is 16.8 Å². The molecule has 0 bridgehead atoms. The van der Waals surface area contributed by atoms with Crippen LogP contribution in [-0.4, -0.2) is 9.78 Å². The van der Waals surface area contributed by atoms with Crippen LogP contribution in [0.15, 0.2) is 30.5 Å². The lowest BCUT2D eigenvalue weighted by Gasteiger charge is -2.00. The first kappa shape index (κ1) is 9.00. The van der Waals surface area contributed by atoms with Crippen molar-refractivity contribution in [2.75, 3.05) is 0 Å². The Kier molecular flexibility index (Phi) is 2.12. The molecule has 0 amide bonds. The molecule has 0 saturated heterocycles. The van der Waals surface area contributed by atoms with Gasteiger partial charge in [0.1, 0.15) is 0 Å². The van der Waals surface area contributed by atoms with E-state index in [1.165, 1.54) is 11.1 Å². The first-order chi connectivity index (χ1) is 6.66. The molecule has 2 rings (SSSR count). The summed E-state index contributed by atoms with van der Waals surface area (Å²) < 4.78 is 1.92. The van der Waals surface area contributed by atoms with Crippen LogP contribution in [-0.2, 0) is 0 Å². The van der Waals surface area contributed by atoms with Gasteiger partial charge in [-0.25, -0.2) is 4.68 Å². The fourth-order valence-corrected chi connectivity index (χ4v) is 1.38. The molecule has 0 spiro atoms. The molecule has 0 aliphatic rings. The fourth-order valence-electron chi connectivity index (χ4n) is 1.38. The van der Waals surface area contributed by atoms with E-state index in [0.717, 1.165) is 11.4 Å². The van der Waals surface area contributed by atoms with E-state index in [2.05, 4.69) is 49.4 Å². The second-order valence-electron chi connectivity index (χ2n) is 3.68. The lowest BCUT2D eigenvalue weighted by atomic mass is 10.2. The number of aryl methyl sites for hydroxylation is 3. The van der Waals surface area contributed by atoms with E-state index < -0.39 is 0 Å². The summed E-state index contributed by atoms with van der Waals surface area (Å²) in [6, 6.07) is 8.37. The predicted molar refractivity (Wildman–Crippen MR) is 57.8 cm³/mol. The minimum atomic E-state index is 1.09. The molecule has 0 aliphatic heterocycles. The van der Waals surface area contributed by atoms with Crippen molar-refractivity contribution in [3.63, 3.8) is 0 Å². The average molecular weight is 186 g/mol. The number of nitrogens with zero attached hydrogens (tertiary/aromatic N) is 2. The van der Waals surface area contributed by atoms with Crippen LogP contribution >= 0.6 is 0 Å². The lowest BCUT2D eigenvalue weighted by Crippen LogP contribution is -1.94. The van der Waals surface area contributed by atoms with Crippen molar-refractivity contribution in [3.05, 3.63) is 47.3 Å². The zero-order valence-corrected chi connectivity index (χ0v) is 8.78. The van der Waals surface area contributed by atoms with E-state index in [-0.39, 0.29) is 0 Å². The third-order valence-electron chi connectivity index (χ3n) is 2.44. The standard InChI is InChI=1S/C12H14N2/c1-9-4-6-12(7-5-9)14-8-10(2)11(3)13-14/h4-8H,1-3H3. The summed E-state index contributed by atoms with van der Waals surface area (Å²) in [4.78, 5) is 0. The summed E-state index contributed by atoms with van der Waals surface area (Å²) >= 11 is 0. The molecular formula is C12H14N2. The van der Waals surface area contributed by atoms with Gasteiger partial charge in [-0.3, -0.25) is 0 Å². The molecule has 0 fully saturated rings. The summed E-state index contributed by atoms with van der Waals surface area (Å²) in [6.07, 6.45) is 2.06. The minimum absolute atomic E-state index is 1.09. The molecular weight excluding hydrogens is 172 g/mol. The van der Waals surface area contributed by atoms with Gasteiger partial charge in [0.05, 0.1) is 11.4 Å². The Bertz CT molecular complexity index is 418. The summed E-state index contributed by atoms with van der Waals surface area (Å²) in [5.74, 6) is 0. The molecule has 1 heterocycles. The highest BCUT2D eigenvalue weighted by Gasteiger charge is 2.01. The highest BCUT2D eigenvalue weighted by atomic mass is 15.3. The molecule has 1 aromatic carbocycles. The van der Waals surface area contributed by atoms with Gasteiger partial charge in [-0.1, -0.05) is 17.7 Å². The SMILES string of the molecule is Cc1ccc(-n2cc(C)c(C)n2)cc1. The van der Waals surface area contributed by atoms with Gasteiger partial charge in [0.15, 0.2) is 0 Å². The number of aromatic nitrogens is 2. The Morgan fingerprint density at radius 2 is 1.64 bits per heavy atom. The summed E-state index contributed by atoms with van der Waals surface area (Å²) in [7, 11) is 0. The third kappa shape index (κ3) is 1.55. The molecule has 2 aromatic rings. The van der Waals surface area contributed by atoms with Gasteiger partial charge in [-0.15, -0.1) is 0 Å². The summed E-state index contributed by atoms with van der Waals surface area (Å²) in [5, 5.41) is 4.43. The maximum Gasteiger partial charge on any atom is 0.0645 e. The van der Waals surface area contributed by atoms with E-state index in [9.17, 15) is 0 Å².